The summed E-state index contributed by atoms with van der Waals surface area (Å²) in [4.78, 5) is 39.5. The predicted octanol–water partition coefficient (Wildman–Crippen LogP) is 2.48. The van der Waals surface area contributed by atoms with Crippen molar-refractivity contribution in [3.63, 3.8) is 0 Å². The van der Waals surface area contributed by atoms with E-state index in [9.17, 15) is 19.5 Å². The van der Waals surface area contributed by atoms with E-state index >= 15 is 0 Å². The van der Waals surface area contributed by atoms with Gasteiger partial charge >= 0.3 is 6.09 Å². The van der Waals surface area contributed by atoms with Crippen molar-refractivity contribution in [3.05, 3.63) is 35.9 Å². The number of aliphatic hydroxyl groups is 1. The summed E-state index contributed by atoms with van der Waals surface area (Å²) in [5.74, 6) is -1.18. The first kappa shape index (κ1) is 25.2. The molecule has 1 aliphatic carbocycles. The van der Waals surface area contributed by atoms with Gasteiger partial charge in [-0.1, -0.05) is 56.0 Å². The first-order valence-electron chi connectivity index (χ1n) is 10.9. The molecule has 8 nitrogen and oxygen atoms in total. The highest BCUT2D eigenvalue weighted by Gasteiger charge is 2.36. The van der Waals surface area contributed by atoms with Crippen LogP contribution in [-0.4, -0.2) is 52.2 Å². The molecule has 2 unspecified atom stereocenters. The number of hydrogen-bond donors (Lipinski definition) is 3. The Morgan fingerprint density at radius 3 is 2.34 bits per heavy atom. The molecular weight excluding hydrogens is 410 g/mol. The van der Waals surface area contributed by atoms with E-state index in [2.05, 4.69) is 16.7 Å². The molecule has 0 radical (unpaired) electrons. The molecule has 0 aromatic heterocycles. The first-order valence-corrected chi connectivity index (χ1v) is 10.9. The van der Waals surface area contributed by atoms with Gasteiger partial charge in [0, 0.05) is 12.1 Å². The van der Waals surface area contributed by atoms with Gasteiger partial charge < -0.3 is 20.5 Å². The molecule has 3 amide bonds. The van der Waals surface area contributed by atoms with Gasteiger partial charge in [0.1, 0.15) is 17.7 Å². The molecule has 8 heteroatoms. The number of carbonyl (C=O) groups is 3. The van der Waals surface area contributed by atoms with Crippen LogP contribution < -0.4 is 10.6 Å². The molecule has 0 aliphatic heterocycles. The number of alkyl carbamates (subject to hydrolysis) is 1. The summed E-state index contributed by atoms with van der Waals surface area (Å²) in [5, 5.41) is 15.1. The maximum absolute atomic E-state index is 13.3. The average molecular weight is 444 g/mol. The van der Waals surface area contributed by atoms with Crippen LogP contribution in [0.25, 0.3) is 0 Å². The highest BCUT2D eigenvalue weighted by molar-refractivity contribution is 5.93. The van der Waals surface area contributed by atoms with Crippen LogP contribution in [-0.2, 0) is 14.3 Å². The molecule has 0 heterocycles. The summed E-state index contributed by atoms with van der Waals surface area (Å²) < 4.78 is 5.16. The monoisotopic (exact) mass is 443 g/mol. The zero-order valence-electron chi connectivity index (χ0n) is 19.0. The van der Waals surface area contributed by atoms with Crippen LogP contribution in [0.1, 0.15) is 64.5 Å². The molecule has 1 fully saturated rings. The standard InChI is InChI=1S/C24H33N3O5/c1-5-27(22(30)19(16-28)26-23(31)32-24(2,3)4)20(17-12-8-6-9-13-17)21(29)25-18-14-10-7-11-15-18/h1,6,8-9,12-13,18-20,28H,7,10-11,14-16H2,2-4H3,(H,25,29)(H,26,31). The molecule has 0 spiro atoms. The van der Waals surface area contributed by atoms with Crippen molar-refractivity contribution < 1.29 is 24.2 Å². The Hall–Kier alpha value is -3.05. The predicted molar refractivity (Wildman–Crippen MR) is 120 cm³/mol. The number of nitrogens with one attached hydrogen (secondary N) is 2. The minimum Gasteiger partial charge on any atom is -0.444 e. The third-order valence-corrected chi connectivity index (χ3v) is 5.12. The van der Waals surface area contributed by atoms with Gasteiger partial charge in [-0.2, -0.15) is 0 Å². The van der Waals surface area contributed by atoms with Crippen molar-refractivity contribution in [2.45, 2.75) is 76.6 Å². The molecule has 3 N–H and O–H groups in total. The molecule has 0 bridgehead atoms. The van der Waals surface area contributed by atoms with Crippen molar-refractivity contribution >= 4 is 17.9 Å². The number of ether oxygens (including phenoxy) is 1. The van der Waals surface area contributed by atoms with Crippen LogP contribution in [0.2, 0.25) is 0 Å². The van der Waals surface area contributed by atoms with Crippen molar-refractivity contribution in [3.8, 4) is 12.5 Å². The number of amides is 3. The van der Waals surface area contributed by atoms with E-state index in [0.29, 0.717) is 5.56 Å². The molecule has 32 heavy (non-hydrogen) atoms. The second-order valence-corrected chi connectivity index (χ2v) is 8.88. The van der Waals surface area contributed by atoms with E-state index < -0.39 is 42.2 Å². The lowest BCUT2D eigenvalue weighted by Crippen LogP contribution is -2.53. The number of terminal acetylenes is 1. The number of benzene rings is 1. The average Bonchev–Trinajstić information content (AvgIpc) is 2.75. The lowest BCUT2D eigenvalue weighted by atomic mass is 9.94. The summed E-state index contributed by atoms with van der Waals surface area (Å²) >= 11 is 0. The number of aliphatic hydroxyl groups excluding tert-OH is 1. The summed E-state index contributed by atoms with van der Waals surface area (Å²) in [5.41, 5.74) is -0.258. The summed E-state index contributed by atoms with van der Waals surface area (Å²) in [6, 6.07) is 8.52. The van der Waals surface area contributed by atoms with Crippen molar-refractivity contribution in [2.75, 3.05) is 6.61 Å². The molecule has 0 saturated heterocycles. The molecular formula is C24H33N3O5. The van der Waals surface area contributed by atoms with Gasteiger partial charge in [0.05, 0.1) is 6.61 Å². The second-order valence-electron chi connectivity index (χ2n) is 8.88. The Kier molecular flexibility index (Phi) is 9.09. The third kappa shape index (κ3) is 7.27. The Bertz CT molecular complexity index is 822. The highest BCUT2D eigenvalue weighted by Crippen LogP contribution is 2.24. The van der Waals surface area contributed by atoms with Crippen LogP contribution >= 0.6 is 0 Å². The normalized spacial score (nSPS) is 16.2. The van der Waals surface area contributed by atoms with Crippen molar-refractivity contribution in [1.82, 2.24) is 15.5 Å². The topological polar surface area (TPSA) is 108 Å². The first-order chi connectivity index (χ1) is 15.2. The van der Waals surface area contributed by atoms with E-state index in [-0.39, 0.29) is 6.04 Å². The SMILES string of the molecule is C#CN(C(=O)C(CO)NC(=O)OC(C)(C)C)C(C(=O)NC1CCCCC1)c1ccccc1. The van der Waals surface area contributed by atoms with Gasteiger partial charge in [0.2, 0.25) is 5.91 Å². The Morgan fingerprint density at radius 1 is 1.19 bits per heavy atom. The van der Waals surface area contributed by atoms with Crippen LogP contribution in [0.15, 0.2) is 30.3 Å². The van der Waals surface area contributed by atoms with Gasteiger partial charge in [-0.25, -0.2) is 4.79 Å². The lowest BCUT2D eigenvalue weighted by molar-refractivity contribution is -0.139. The van der Waals surface area contributed by atoms with E-state index in [1.165, 1.54) is 0 Å². The van der Waals surface area contributed by atoms with Gasteiger partial charge in [0.15, 0.2) is 0 Å². The second kappa shape index (κ2) is 11.5. The van der Waals surface area contributed by atoms with Gasteiger partial charge in [-0.05, 0) is 39.2 Å². The van der Waals surface area contributed by atoms with E-state index in [1.54, 1.807) is 51.1 Å². The zero-order chi connectivity index (χ0) is 23.7. The van der Waals surface area contributed by atoms with Crippen LogP contribution in [0.5, 0.6) is 0 Å². The molecule has 2 atom stereocenters. The summed E-state index contributed by atoms with van der Waals surface area (Å²) in [6.07, 6.45) is 9.73. The van der Waals surface area contributed by atoms with Gasteiger partial charge in [-0.15, -0.1) is 0 Å². The molecule has 1 aromatic carbocycles. The summed E-state index contributed by atoms with van der Waals surface area (Å²) in [6.45, 7) is 4.33. The Morgan fingerprint density at radius 2 is 1.81 bits per heavy atom. The fourth-order valence-corrected chi connectivity index (χ4v) is 3.65. The van der Waals surface area contributed by atoms with Crippen LogP contribution in [0, 0.1) is 12.5 Å². The molecule has 1 aliphatic rings. The number of carbonyl (C=O) groups excluding carboxylic acids is 3. The molecule has 1 aromatic rings. The van der Waals surface area contributed by atoms with Crippen LogP contribution in [0.3, 0.4) is 0 Å². The number of hydrogen-bond acceptors (Lipinski definition) is 5. The fourth-order valence-electron chi connectivity index (χ4n) is 3.65. The largest absolute Gasteiger partial charge is 0.444 e. The van der Waals surface area contributed by atoms with Crippen LogP contribution in [0.4, 0.5) is 4.79 Å². The minimum absolute atomic E-state index is 0.0192. The van der Waals surface area contributed by atoms with Crippen molar-refractivity contribution in [1.29, 1.82) is 0 Å². The lowest BCUT2D eigenvalue weighted by Gasteiger charge is -2.31. The Balaban J connectivity index is 2.26. The number of nitrogens with zero attached hydrogens (tertiary/aromatic N) is 1. The minimum atomic E-state index is -1.37. The van der Waals surface area contributed by atoms with Gasteiger partial charge in [0.25, 0.3) is 5.91 Å². The van der Waals surface area contributed by atoms with E-state index in [1.807, 2.05) is 0 Å². The Labute approximate surface area is 189 Å². The zero-order valence-corrected chi connectivity index (χ0v) is 19.0. The van der Waals surface area contributed by atoms with E-state index in [4.69, 9.17) is 11.2 Å². The van der Waals surface area contributed by atoms with Gasteiger partial charge in [-0.3, -0.25) is 14.5 Å². The molecule has 174 valence electrons. The smallest absolute Gasteiger partial charge is 0.408 e. The fraction of sp³-hybridized carbons (Fsp3) is 0.542. The van der Waals surface area contributed by atoms with Crippen molar-refractivity contribution in [2.24, 2.45) is 0 Å². The maximum atomic E-state index is 13.3. The van der Waals surface area contributed by atoms with E-state index in [0.717, 1.165) is 37.0 Å². The molecule has 1 saturated carbocycles. The summed E-state index contributed by atoms with van der Waals surface area (Å²) in [7, 11) is 0. The quantitative estimate of drug-likeness (QED) is 0.443. The third-order valence-electron chi connectivity index (χ3n) is 5.12. The number of rotatable bonds is 7. The highest BCUT2D eigenvalue weighted by atomic mass is 16.6. The maximum Gasteiger partial charge on any atom is 0.408 e. The molecule has 2 rings (SSSR count).